The number of nitrogens with zero attached hydrogens (tertiary/aromatic N) is 4. The van der Waals surface area contributed by atoms with Gasteiger partial charge in [-0.25, -0.2) is 0 Å². The average molecular weight is 370 g/mol. The molecule has 144 valence electrons. The monoisotopic (exact) mass is 370 g/mol. The highest BCUT2D eigenvalue weighted by atomic mass is 16.5. The quantitative estimate of drug-likeness (QED) is 0.776. The minimum atomic E-state index is 0.0452. The third-order valence-corrected chi connectivity index (χ3v) is 5.37. The Hall–Kier alpha value is -2.48. The first-order chi connectivity index (χ1) is 13.2. The molecule has 1 aromatic carbocycles. The third kappa shape index (κ3) is 4.27. The molecule has 1 aliphatic carbocycles. The molecule has 1 aliphatic heterocycles. The number of aromatic nitrogens is 4. The van der Waals surface area contributed by atoms with E-state index in [1.165, 1.54) is 0 Å². The van der Waals surface area contributed by atoms with Crippen LogP contribution < -0.4 is 15.4 Å². The van der Waals surface area contributed by atoms with E-state index in [9.17, 15) is 4.79 Å². The van der Waals surface area contributed by atoms with Crippen molar-refractivity contribution < 1.29 is 9.53 Å². The van der Waals surface area contributed by atoms with Crippen LogP contribution in [-0.2, 0) is 4.79 Å². The average Bonchev–Trinajstić information content (AvgIpc) is 3.43. The highest BCUT2D eigenvalue weighted by molar-refractivity contribution is 5.91. The zero-order valence-electron chi connectivity index (χ0n) is 15.6. The van der Waals surface area contributed by atoms with Gasteiger partial charge in [0.15, 0.2) is 5.82 Å². The van der Waals surface area contributed by atoms with Crippen LogP contribution in [0.25, 0.3) is 5.69 Å². The minimum Gasteiger partial charge on any atom is -0.494 e. The number of carbonyl (C=O) groups is 1. The van der Waals surface area contributed by atoms with E-state index in [1.807, 2.05) is 18.2 Å². The molecule has 2 N–H and O–H groups in total. The number of methoxy groups -OCH3 is 1. The van der Waals surface area contributed by atoms with Crippen molar-refractivity contribution in [2.24, 2.45) is 5.92 Å². The Bertz CT molecular complexity index is 795. The number of tetrazole rings is 1. The second-order valence-corrected chi connectivity index (χ2v) is 7.39. The highest BCUT2D eigenvalue weighted by Gasteiger charge is 2.30. The predicted octanol–water partition coefficient (Wildman–Crippen LogP) is 2.27. The van der Waals surface area contributed by atoms with Gasteiger partial charge in [0.2, 0.25) is 5.91 Å². The van der Waals surface area contributed by atoms with Crippen molar-refractivity contribution in [3.63, 3.8) is 0 Å². The Morgan fingerprint density at radius 2 is 2.11 bits per heavy atom. The SMILES string of the molecule is COc1ccc(NC(=O)CCC2CCNCC2)cc1-n1nnnc1C1CC1. The van der Waals surface area contributed by atoms with Crippen LogP contribution in [0.5, 0.6) is 5.75 Å². The third-order valence-electron chi connectivity index (χ3n) is 5.37. The molecule has 0 unspecified atom stereocenters. The summed E-state index contributed by atoms with van der Waals surface area (Å²) in [5.41, 5.74) is 1.49. The number of ether oxygens (including phenoxy) is 1. The Balaban J connectivity index is 1.45. The number of piperidine rings is 1. The number of benzene rings is 1. The molecule has 1 amide bonds. The maximum absolute atomic E-state index is 12.4. The molecule has 4 rings (SSSR count). The van der Waals surface area contributed by atoms with Crippen molar-refractivity contribution in [2.45, 2.75) is 44.4 Å². The summed E-state index contributed by atoms with van der Waals surface area (Å²) in [4.78, 5) is 12.4. The van der Waals surface area contributed by atoms with E-state index < -0.39 is 0 Å². The van der Waals surface area contributed by atoms with Gasteiger partial charge >= 0.3 is 0 Å². The first kappa shape index (κ1) is 17.9. The lowest BCUT2D eigenvalue weighted by molar-refractivity contribution is -0.116. The summed E-state index contributed by atoms with van der Waals surface area (Å²) in [5.74, 6) is 2.63. The number of hydrogen-bond acceptors (Lipinski definition) is 6. The van der Waals surface area contributed by atoms with Crippen LogP contribution in [0, 0.1) is 5.92 Å². The summed E-state index contributed by atoms with van der Waals surface area (Å²) in [6, 6.07) is 5.57. The Kier molecular flexibility index (Phi) is 5.33. The van der Waals surface area contributed by atoms with Crippen LogP contribution in [0.15, 0.2) is 18.2 Å². The second-order valence-electron chi connectivity index (χ2n) is 7.39. The zero-order chi connectivity index (χ0) is 18.6. The molecule has 0 radical (unpaired) electrons. The fraction of sp³-hybridized carbons (Fsp3) is 0.579. The van der Waals surface area contributed by atoms with Crippen molar-refractivity contribution in [3.05, 3.63) is 24.0 Å². The molecule has 27 heavy (non-hydrogen) atoms. The number of rotatable bonds is 7. The van der Waals surface area contributed by atoms with Crippen LogP contribution >= 0.6 is 0 Å². The Labute approximate surface area is 158 Å². The van der Waals surface area contributed by atoms with E-state index >= 15 is 0 Å². The smallest absolute Gasteiger partial charge is 0.224 e. The normalized spacial score (nSPS) is 17.7. The molecule has 0 bridgehead atoms. The fourth-order valence-corrected chi connectivity index (χ4v) is 3.62. The van der Waals surface area contributed by atoms with Gasteiger partial charge < -0.3 is 15.4 Å². The lowest BCUT2D eigenvalue weighted by atomic mass is 9.93. The molecule has 8 heteroatoms. The molecule has 1 aromatic heterocycles. The van der Waals surface area contributed by atoms with Crippen molar-refractivity contribution in [2.75, 3.05) is 25.5 Å². The van der Waals surface area contributed by atoms with E-state index in [1.54, 1.807) is 11.8 Å². The van der Waals surface area contributed by atoms with Gasteiger partial charge in [-0.05, 0) is 79.7 Å². The van der Waals surface area contributed by atoms with E-state index in [-0.39, 0.29) is 5.91 Å². The second kappa shape index (κ2) is 8.04. The molecule has 2 aliphatic rings. The summed E-state index contributed by atoms with van der Waals surface area (Å²) in [5, 5.41) is 18.5. The summed E-state index contributed by atoms with van der Waals surface area (Å²) in [7, 11) is 1.62. The summed E-state index contributed by atoms with van der Waals surface area (Å²) in [6.45, 7) is 2.12. The number of amides is 1. The maximum Gasteiger partial charge on any atom is 0.224 e. The molecule has 0 atom stereocenters. The number of nitrogens with one attached hydrogen (secondary N) is 2. The van der Waals surface area contributed by atoms with Crippen molar-refractivity contribution in [3.8, 4) is 11.4 Å². The van der Waals surface area contributed by atoms with E-state index in [0.29, 0.717) is 24.0 Å². The molecule has 2 fully saturated rings. The maximum atomic E-state index is 12.4. The van der Waals surface area contributed by atoms with E-state index in [4.69, 9.17) is 4.74 Å². The van der Waals surface area contributed by atoms with Crippen molar-refractivity contribution in [1.29, 1.82) is 0 Å². The van der Waals surface area contributed by atoms with Crippen LogP contribution in [0.4, 0.5) is 5.69 Å². The standard InChI is InChI=1S/C19H26N6O2/c1-27-17-6-5-15(21-18(26)7-2-13-8-10-20-11-9-13)12-16(17)25-19(14-3-4-14)22-23-24-25/h5-6,12-14,20H,2-4,7-11H2,1H3,(H,21,26). The van der Waals surface area contributed by atoms with Gasteiger partial charge in [0.25, 0.3) is 0 Å². The van der Waals surface area contributed by atoms with Gasteiger partial charge in [-0.3, -0.25) is 4.79 Å². The number of carbonyl (C=O) groups excluding carboxylic acids is 1. The van der Waals surface area contributed by atoms with Crippen molar-refractivity contribution >= 4 is 11.6 Å². The summed E-state index contributed by atoms with van der Waals surface area (Å²) in [6.07, 6.45) is 6.01. The van der Waals surface area contributed by atoms with Gasteiger partial charge in [-0.1, -0.05) is 0 Å². The van der Waals surface area contributed by atoms with Crippen LogP contribution in [0.1, 0.15) is 50.3 Å². The topological polar surface area (TPSA) is 94.0 Å². The Morgan fingerprint density at radius 3 is 2.85 bits per heavy atom. The van der Waals surface area contributed by atoms with Gasteiger partial charge in [0.05, 0.1) is 7.11 Å². The van der Waals surface area contributed by atoms with Crippen molar-refractivity contribution in [1.82, 2.24) is 25.5 Å². The molecule has 1 saturated carbocycles. The molecular formula is C19H26N6O2. The molecule has 2 heterocycles. The first-order valence-electron chi connectivity index (χ1n) is 9.72. The van der Waals surface area contributed by atoms with Gasteiger partial charge in [-0.15, -0.1) is 5.10 Å². The fourth-order valence-electron chi connectivity index (χ4n) is 3.62. The van der Waals surface area contributed by atoms with Gasteiger partial charge in [-0.2, -0.15) is 4.68 Å². The lowest BCUT2D eigenvalue weighted by Crippen LogP contribution is -2.28. The van der Waals surface area contributed by atoms with Gasteiger partial charge in [0.1, 0.15) is 11.4 Å². The largest absolute Gasteiger partial charge is 0.494 e. The summed E-state index contributed by atoms with van der Waals surface area (Å²) < 4.78 is 7.20. The van der Waals surface area contributed by atoms with Crippen LogP contribution in [-0.4, -0.2) is 46.3 Å². The zero-order valence-corrected chi connectivity index (χ0v) is 15.6. The molecule has 2 aromatic rings. The highest BCUT2D eigenvalue weighted by Crippen LogP contribution is 2.40. The van der Waals surface area contributed by atoms with E-state index in [2.05, 4.69) is 26.2 Å². The Morgan fingerprint density at radius 1 is 1.30 bits per heavy atom. The first-order valence-corrected chi connectivity index (χ1v) is 9.72. The number of anilines is 1. The number of hydrogen-bond donors (Lipinski definition) is 2. The van der Waals surface area contributed by atoms with Crippen LogP contribution in [0.3, 0.4) is 0 Å². The molecular weight excluding hydrogens is 344 g/mol. The molecule has 8 nitrogen and oxygen atoms in total. The van der Waals surface area contributed by atoms with Crippen LogP contribution in [0.2, 0.25) is 0 Å². The molecule has 0 spiro atoms. The minimum absolute atomic E-state index is 0.0452. The van der Waals surface area contributed by atoms with Gasteiger partial charge in [0, 0.05) is 18.0 Å². The molecule has 1 saturated heterocycles. The van der Waals surface area contributed by atoms with E-state index in [0.717, 1.165) is 62.4 Å². The lowest BCUT2D eigenvalue weighted by Gasteiger charge is -2.22. The predicted molar refractivity (Wildman–Crippen MR) is 101 cm³/mol. The summed E-state index contributed by atoms with van der Waals surface area (Å²) >= 11 is 0.